The van der Waals surface area contributed by atoms with Crippen LogP contribution in [0.1, 0.15) is 45.0 Å². The average molecular weight is 294 g/mol. The number of hydrogen-bond acceptors (Lipinski definition) is 3. The van der Waals surface area contributed by atoms with Gasteiger partial charge >= 0.3 is 0 Å². The monoisotopic (exact) mass is 294 g/mol. The Morgan fingerprint density at radius 3 is 2.43 bits per heavy atom. The van der Waals surface area contributed by atoms with Crippen LogP contribution in [-0.2, 0) is 4.79 Å². The van der Waals surface area contributed by atoms with E-state index in [1.54, 1.807) is 11.0 Å². The highest BCUT2D eigenvalue weighted by Crippen LogP contribution is 2.16. The zero-order valence-electron chi connectivity index (χ0n) is 13.6. The fourth-order valence-corrected chi connectivity index (χ4v) is 2.38. The maximum atomic E-state index is 12.2. The summed E-state index contributed by atoms with van der Waals surface area (Å²) in [5.41, 5.74) is 0.565. The Bertz CT molecular complexity index is 454. The van der Waals surface area contributed by atoms with Crippen LogP contribution in [0.2, 0.25) is 0 Å². The number of carbonyl (C=O) groups excluding carboxylic acids is 2. The topological polar surface area (TPSA) is 53.8 Å². The van der Waals surface area contributed by atoms with E-state index in [9.17, 15) is 9.59 Å². The molecule has 1 fully saturated rings. The van der Waals surface area contributed by atoms with Crippen molar-refractivity contribution < 1.29 is 14.0 Å². The Balaban J connectivity index is 0.00000106. The summed E-state index contributed by atoms with van der Waals surface area (Å²) in [4.78, 5) is 27.8. The fraction of sp³-hybridized carbons (Fsp3) is 0.625. The molecule has 21 heavy (non-hydrogen) atoms. The van der Waals surface area contributed by atoms with Gasteiger partial charge in [0.2, 0.25) is 5.91 Å². The SMILES string of the molecule is CC.CC(C)C(=O)N1CCN(C(=O)c2ccoc2)C(C)C1. The molecule has 1 aromatic heterocycles. The third-order valence-corrected chi connectivity index (χ3v) is 3.46. The molecule has 2 amide bonds. The summed E-state index contributed by atoms with van der Waals surface area (Å²) in [6.07, 6.45) is 2.96. The molecule has 1 atom stereocenters. The van der Waals surface area contributed by atoms with E-state index in [-0.39, 0.29) is 23.8 Å². The minimum absolute atomic E-state index is 0.00308. The van der Waals surface area contributed by atoms with E-state index in [0.29, 0.717) is 25.2 Å². The Morgan fingerprint density at radius 1 is 1.29 bits per heavy atom. The highest BCUT2D eigenvalue weighted by molar-refractivity contribution is 5.94. The molecule has 5 heteroatoms. The van der Waals surface area contributed by atoms with Crippen LogP contribution in [0.15, 0.2) is 23.0 Å². The van der Waals surface area contributed by atoms with Crippen LogP contribution in [0.3, 0.4) is 0 Å². The second-order valence-electron chi connectivity index (χ2n) is 5.30. The zero-order chi connectivity index (χ0) is 16.0. The molecule has 2 heterocycles. The maximum Gasteiger partial charge on any atom is 0.257 e. The summed E-state index contributed by atoms with van der Waals surface area (Å²) in [5, 5.41) is 0. The first-order valence-electron chi connectivity index (χ1n) is 7.62. The number of carbonyl (C=O) groups is 2. The molecular weight excluding hydrogens is 268 g/mol. The van der Waals surface area contributed by atoms with E-state index < -0.39 is 0 Å². The molecule has 1 unspecified atom stereocenters. The highest BCUT2D eigenvalue weighted by Gasteiger charge is 2.31. The van der Waals surface area contributed by atoms with Gasteiger partial charge in [-0.25, -0.2) is 0 Å². The summed E-state index contributed by atoms with van der Waals surface area (Å²) in [6.45, 7) is 11.5. The third-order valence-electron chi connectivity index (χ3n) is 3.46. The molecule has 0 aliphatic carbocycles. The molecular formula is C16H26N2O3. The van der Waals surface area contributed by atoms with E-state index in [4.69, 9.17) is 4.42 Å². The van der Waals surface area contributed by atoms with Crippen LogP contribution < -0.4 is 0 Å². The Hall–Kier alpha value is -1.78. The predicted molar refractivity (Wildman–Crippen MR) is 82.0 cm³/mol. The van der Waals surface area contributed by atoms with Crippen LogP contribution in [-0.4, -0.2) is 47.3 Å². The van der Waals surface area contributed by atoms with E-state index in [1.807, 2.05) is 39.5 Å². The standard InChI is InChI=1S/C14H20N2O3.C2H6/c1-10(2)13(17)15-5-6-16(11(3)8-15)14(18)12-4-7-19-9-12;1-2/h4,7,9-11H,5-6,8H2,1-3H3;1-2H3. The van der Waals surface area contributed by atoms with Gasteiger partial charge in [-0.3, -0.25) is 9.59 Å². The molecule has 0 radical (unpaired) electrons. The lowest BCUT2D eigenvalue weighted by molar-refractivity contribution is -0.136. The van der Waals surface area contributed by atoms with Crippen LogP contribution in [0.4, 0.5) is 0 Å². The molecule has 2 rings (SSSR count). The van der Waals surface area contributed by atoms with Crippen molar-refractivity contribution in [3.8, 4) is 0 Å². The Labute approximate surface area is 126 Å². The van der Waals surface area contributed by atoms with Gasteiger partial charge in [0, 0.05) is 31.6 Å². The first-order valence-corrected chi connectivity index (χ1v) is 7.62. The minimum Gasteiger partial charge on any atom is -0.472 e. The van der Waals surface area contributed by atoms with Crippen LogP contribution in [0, 0.1) is 5.92 Å². The van der Waals surface area contributed by atoms with E-state index >= 15 is 0 Å². The molecule has 1 aliphatic rings. The lowest BCUT2D eigenvalue weighted by atomic mass is 10.1. The molecule has 0 spiro atoms. The highest BCUT2D eigenvalue weighted by atomic mass is 16.3. The van der Waals surface area contributed by atoms with Crippen LogP contribution >= 0.6 is 0 Å². The zero-order valence-corrected chi connectivity index (χ0v) is 13.6. The van der Waals surface area contributed by atoms with Crippen LogP contribution in [0.25, 0.3) is 0 Å². The predicted octanol–water partition coefficient (Wildman–Crippen LogP) is 2.63. The molecule has 5 nitrogen and oxygen atoms in total. The Kier molecular flexibility index (Phi) is 6.46. The molecule has 118 valence electrons. The summed E-state index contributed by atoms with van der Waals surface area (Å²) in [6, 6.07) is 1.69. The molecule has 1 aromatic rings. The van der Waals surface area contributed by atoms with Crippen molar-refractivity contribution >= 4 is 11.8 Å². The van der Waals surface area contributed by atoms with Gasteiger partial charge in [-0.15, -0.1) is 0 Å². The van der Waals surface area contributed by atoms with Crippen molar-refractivity contribution in [2.24, 2.45) is 5.92 Å². The normalized spacial score (nSPS) is 18.3. The number of piperazine rings is 1. The number of nitrogens with zero attached hydrogens (tertiary/aromatic N) is 2. The van der Waals surface area contributed by atoms with Gasteiger partial charge in [0.15, 0.2) is 0 Å². The maximum absolute atomic E-state index is 12.2. The molecule has 1 aliphatic heterocycles. The molecule has 0 bridgehead atoms. The number of rotatable bonds is 2. The lowest BCUT2D eigenvalue weighted by Crippen LogP contribution is -2.56. The number of hydrogen-bond donors (Lipinski definition) is 0. The van der Waals surface area contributed by atoms with Gasteiger partial charge in [-0.2, -0.15) is 0 Å². The quantitative estimate of drug-likeness (QED) is 0.842. The summed E-state index contributed by atoms with van der Waals surface area (Å²) in [7, 11) is 0. The molecule has 0 aromatic carbocycles. The average Bonchev–Trinajstić information content (AvgIpc) is 3.02. The van der Waals surface area contributed by atoms with Gasteiger partial charge in [0.25, 0.3) is 5.91 Å². The molecule has 1 saturated heterocycles. The van der Waals surface area contributed by atoms with Gasteiger partial charge in [0.05, 0.1) is 11.8 Å². The first kappa shape index (κ1) is 17.3. The van der Waals surface area contributed by atoms with Crippen molar-refractivity contribution in [1.29, 1.82) is 0 Å². The molecule has 0 N–H and O–H groups in total. The second-order valence-corrected chi connectivity index (χ2v) is 5.30. The van der Waals surface area contributed by atoms with E-state index in [0.717, 1.165) is 0 Å². The van der Waals surface area contributed by atoms with Gasteiger partial charge in [0.1, 0.15) is 6.26 Å². The lowest BCUT2D eigenvalue weighted by Gasteiger charge is -2.40. The van der Waals surface area contributed by atoms with Gasteiger partial charge < -0.3 is 14.2 Å². The van der Waals surface area contributed by atoms with Crippen molar-refractivity contribution in [2.45, 2.75) is 40.7 Å². The van der Waals surface area contributed by atoms with E-state index in [1.165, 1.54) is 12.5 Å². The van der Waals surface area contributed by atoms with E-state index in [2.05, 4.69) is 0 Å². The molecule has 0 saturated carbocycles. The van der Waals surface area contributed by atoms with Crippen molar-refractivity contribution in [3.63, 3.8) is 0 Å². The van der Waals surface area contributed by atoms with Crippen molar-refractivity contribution in [1.82, 2.24) is 9.80 Å². The van der Waals surface area contributed by atoms with Gasteiger partial charge in [-0.05, 0) is 13.0 Å². The van der Waals surface area contributed by atoms with Crippen molar-refractivity contribution in [3.05, 3.63) is 24.2 Å². The minimum atomic E-state index is -0.0297. The first-order chi connectivity index (χ1) is 10.0. The number of amides is 2. The van der Waals surface area contributed by atoms with Crippen molar-refractivity contribution in [2.75, 3.05) is 19.6 Å². The summed E-state index contributed by atoms with van der Waals surface area (Å²) in [5.74, 6) is 0.128. The number of furan rings is 1. The Morgan fingerprint density at radius 2 is 1.95 bits per heavy atom. The smallest absolute Gasteiger partial charge is 0.257 e. The third kappa shape index (κ3) is 4.09. The summed E-state index contributed by atoms with van der Waals surface area (Å²) < 4.78 is 4.94. The van der Waals surface area contributed by atoms with Gasteiger partial charge in [-0.1, -0.05) is 27.7 Å². The fourth-order valence-electron chi connectivity index (χ4n) is 2.38. The van der Waals surface area contributed by atoms with Crippen LogP contribution in [0.5, 0.6) is 0 Å². The largest absolute Gasteiger partial charge is 0.472 e. The second kappa shape index (κ2) is 7.86. The summed E-state index contributed by atoms with van der Waals surface area (Å²) >= 11 is 0.